The van der Waals surface area contributed by atoms with E-state index in [4.69, 9.17) is 0 Å². The SMILES string of the molecule is CC(C)Cc1cc2cccc(C(=O)O)c2c(C(=O)O)c1CC(C)C.[NaH]. The standard InChI is InChI=1S/C20H24O4.Na.H/c1-11(2)8-14-10-13-6-5-7-15(19(21)22)17(13)18(20(23)24)16(14)9-12(3)4;;/h5-7,10-12H,8-9H2,1-4H3,(H,21,22)(H,23,24);;. The van der Waals surface area contributed by atoms with E-state index in [9.17, 15) is 19.8 Å². The molecule has 2 N–H and O–H groups in total. The zero-order valence-electron chi connectivity index (χ0n) is 14.6. The van der Waals surface area contributed by atoms with Crippen molar-refractivity contribution in [3.63, 3.8) is 0 Å². The van der Waals surface area contributed by atoms with Gasteiger partial charge in [-0.15, -0.1) is 0 Å². The summed E-state index contributed by atoms with van der Waals surface area (Å²) in [5.41, 5.74) is 1.97. The average Bonchev–Trinajstić information content (AvgIpc) is 2.45. The quantitative estimate of drug-likeness (QED) is 0.771. The third kappa shape index (κ3) is 4.84. The topological polar surface area (TPSA) is 74.6 Å². The Labute approximate surface area is 170 Å². The second-order valence-corrected chi connectivity index (χ2v) is 7.10. The van der Waals surface area contributed by atoms with Crippen molar-refractivity contribution in [1.82, 2.24) is 0 Å². The Balaban J connectivity index is 0.00000312. The van der Waals surface area contributed by atoms with Gasteiger partial charge in [-0.1, -0.05) is 45.9 Å². The summed E-state index contributed by atoms with van der Waals surface area (Å²) < 4.78 is 0. The Morgan fingerprint density at radius 1 is 0.960 bits per heavy atom. The van der Waals surface area contributed by atoms with Crippen molar-refractivity contribution in [3.8, 4) is 0 Å². The first-order chi connectivity index (χ1) is 11.2. The summed E-state index contributed by atoms with van der Waals surface area (Å²) in [5, 5.41) is 20.3. The Hall–Kier alpha value is -1.36. The van der Waals surface area contributed by atoms with E-state index in [1.165, 1.54) is 6.07 Å². The molecule has 0 unspecified atom stereocenters. The number of carboxylic acid groups (broad SMARTS) is 2. The van der Waals surface area contributed by atoms with Gasteiger partial charge < -0.3 is 10.2 Å². The van der Waals surface area contributed by atoms with E-state index >= 15 is 0 Å². The van der Waals surface area contributed by atoms with E-state index in [2.05, 4.69) is 13.8 Å². The molecule has 0 atom stereocenters. The zero-order valence-corrected chi connectivity index (χ0v) is 14.6. The number of carboxylic acids is 2. The van der Waals surface area contributed by atoms with Gasteiger partial charge in [0.2, 0.25) is 0 Å². The molecule has 0 fully saturated rings. The fourth-order valence-corrected chi connectivity index (χ4v) is 3.23. The summed E-state index contributed by atoms with van der Waals surface area (Å²) in [4.78, 5) is 23.6. The van der Waals surface area contributed by atoms with Crippen LogP contribution in [0.3, 0.4) is 0 Å². The molecular weight excluding hydrogens is 327 g/mol. The maximum atomic E-state index is 12.0. The van der Waals surface area contributed by atoms with Gasteiger partial charge >= 0.3 is 41.5 Å². The van der Waals surface area contributed by atoms with Crippen LogP contribution in [-0.2, 0) is 12.8 Å². The number of hydrogen-bond donors (Lipinski definition) is 2. The van der Waals surface area contributed by atoms with E-state index in [1.807, 2.05) is 19.9 Å². The molecule has 25 heavy (non-hydrogen) atoms. The second kappa shape index (κ2) is 8.84. The predicted molar refractivity (Wildman–Crippen MR) is 102 cm³/mol. The van der Waals surface area contributed by atoms with E-state index in [0.717, 1.165) is 17.5 Å². The molecule has 0 aromatic heterocycles. The third-order valence-electron chi connectivity index (χ3n) is 4.05. The molecule has 0 radical (unpaired) electrons. The molecule has 0 amide bonds. The van der Waals surface area contributed by atoms with E-state index < -0.39 is 11.9 Å². The van der Waals surface area contributed by atoms with Gasteiger partial charge in [-0.3, -0.25) is 0 Å². The molecule has 0 aliphatic carbocycles. The average molecular weight is 352 g/mol. The monoisotopic (exact) mass is 352 g/mol. The van der Waals surface area contributed by atoms with Gasteiger partial charge in [0.1, 0.15) is 0 Å². The van der Waals surface area contributed by atoms with Gasteiger partial charge in [-0.2, -0.15) is 0 Å². The van der Waals surface area contributed by atoms with Crippen molar-refractivity contribution in [3.05, 3.63) is 46.5 Å². The minimum absolute atomic E-state index is 0. The van der Waals surface area contributed by atoms with Crippen molar-refractivity contribution in [2.45, 2.75) is 40.5 Å². The predicted octanol–water partition coefficient (Wildman–Crippen LogP) is 3.98. The molecule has 0 spiro atoms. The number of fused-ring (bicyclic) bond motifs is 1. The maximum absolute atomic E-state index is 12.0. The summed E-state index contributed by atoms with van der Waals surface area (Å²) in [5.74, 6) is -1.49. The molecular formula is C20H25NaO4. The number of benzene rings is 2. The number of hydrogen-bond acceptors (Lipinski definition) is 2. The van der Waals surface area contributed by atoms with E-state index in [1.54, 1.807) is 12.1 Å². The van der Waals surface area contributed by atoms with Gasteiger partial charge in [-0.25, -0.2) is 9.59 Å². The van der Waals surface area contributed by atoms with Crippen molar-refractivity contribution >= 4 is 52.3 Å². The Bertz CT molecular complexity index is 794. The molecule has 2 aromatic carbocycles. The molecule has 0 bridgehead atoms. The van der Waals surface area contributed by atoms with Crippen molar-refractivity contribution < 1.29 is 19.8 Å². The van der Waals surface area contributed by atoms with Crippen LogP contribution in [0.2, 0.25) is 0 Å². The van der Waals surface area contributed by atoms with Crippen LogP contribution in [0.15, 0.2) is 24.3 Å². The molecule has 0 aliphatic rings. The minimum atomic E-state index is -1.10. The molecule has 5 heteroatoms. The van der Waals surface area contributed by atoms with Gasteiger partial charge in [0.15, 0.2) is 0 Å². The van der Waals surface area contributed by atoms with Gasteiger partial charge in [0.25, 0.3) is 0 Å². The first-order valence-electron chi connectivity index (χ1n) is 8.26. The van der Waals surface area contributed by atoms with Crippen LogP contribution in [0, 0.1) is 11.8 Å². The summed E-state index contributed by atoms with van der Waals surface area (Å²) >= 11 is 0. The van der Waals surface area contributed by atoms with E-state index in [0.29, 0.717) is 23.1 Å². The molecule has 4 nitrogen and oxygen atoms in total. The molecule has 0 saturated heterocycles. The first-order valence-corrected chi connectivity index (χ1v) is 8.26. The van der Waals surface area contributed by atoms with Crippen LogP contribution >= 0.6 is 0 Å². The van der Waals surface area contributed by atoms with Crippen LogP contribution in [0.25, 0.3) is 10.8 Å². The number of carbonyl (C=O) groups is 2. The zero-order chi connectivity index (χ0) is 18.0. The Morgan fingerprint density at radius 3 is 2.04 bits per heavy atom. The van der Waals surface area contributed by atoms with Crippen molar-refractivity contribution in [2.24, 2.45) is 11.8 Å². The summed E-state index contributed by atoms with van der Waals surface area (Å²) in [6.45, 7) is 8.27. The van der Waals surface area contributed by atoms with Crippen molar-refractivity contribution in [1.29, 1.82) is 0 Å². The summed E-state index contributed by atoms with van der Waals surface area (Å²) in [6.07, 6.45) is 1.39. The van der Waals surface area contributed by atoms with Crippen LogP contribution < -0.4 is 0 Å². The molecule has 0 saturated carbocycles. The summed E-state index contributed by atoms with van der Waals surface area (Å²) in [7, 11) is 0. The van der Waals surface area contributed by atoms with Crippen LogP contribution in [0.1, 0.15) is 59.5 Å². The van der Waals surface area contributed by atoms with Gasteiger partial charge in [0, 0.05) is 5.39 Å². The van der Waals surface area contributed by atoms with Gasteiger partial charge in [0.05, 0.1) is 11.1 Å². The molecule has 2 aromatic rings. The number of rotatable bonds is 6. The molecule has 0 heterocycles. The normalized spacial score (nSPS) is 11.0. The molecule has 0 aliphatic heterocycles. The van der Waals surface area contributed by atoms with Crippen LogP contribution in [-0.4, -0.2) is 51.7 Å². The fourth-order valence-electron chi connectivity index (χ4n) is 3.23. The number of aromatic carboxylic acids is 2. The molecule has 130 valence electrons. The molecule has 2 rings (SSSR count). The second-order valence-electron chi connectivity index (χ2n) is 7.10. The first kappa shape index (κ1) is 21.7. The summed E-state index contributed by atoms with van der Waals surface area (Å²) in [6, 6.07) is 6.89. The van der Waals surface area contributed by atoms with Crippen LogP contribution in [0.5, 0.6) is 0 Å². The fraction of sp³-hybridized carbons (Fsp3) is 0.400. The van der Waals surface area contributed by atoms with Gasteiger partial charge in [-0.05, 0) is 47.3 Å². The van der Waals surface area contributed by atoms with Crippen LogP contribution in [0.4, 0.5) is 0 Å². The Morgan fingerprint density at radius 2 is 1.56 bits per heavy atom. The Kier molecular flexibility index (Phi) is 7.66. The van der Waals surface area contributed by atoms with Crippen molar-refractivity contribution in [2.75, 3.05) is 0 Å². The van der Waals surface area contributed by atoms with E-state index in [-0.39, 0.29) is 46.6 Å². The third-order valence-corrected chi connectivity index (χ3v) is 4.05.